The normalized spacial score (nSPS) is 14.0. The predicted molar refractivity (Wildman–Crippen MR) is 205 cm³/mol. The van der Waals surface area contributed by atoms with Gasteiger partial charge in [-0.3, -0.25) is 19.3 Å². The minimum Gasteiger partial charge on any atom is -0.480 e. The molecule has 0 radical (unpaired) electrons. The summed E-state index contributed by atoms with van der Waals surface area (Å²) in [4.78, 5) is 60.7. The highest BCUT2D eigenvalue weighted by Gasteiger charge is 2.39. The highest BCUT2D eigenvalue weighted by atomic mass is 19.4. The average Bonchev–Trinajstić information content (AvgIpc) is 3.21. The maximum atomic E-state index is 14.6. The monoisotopic (exact) mass is 861 g/mol. The third-order valence-electron chi connectivity index (χ3n) is 10.4. The summed E-state index contributed by atoms with van der Waals surface area (Å²) < 4.78 is 101. The molecule has 5 aromatic rings. The number of pyridine rings is 1. The lowest BCUT2D eigenvalue weighted by Crippen LogP contribution is -2.56. The molecule has 19 heteroatoms. The van der Waals surface area contributed by atoms with Crippen molar-refractivity contribution in [2.75, 3.05) is 13.1 Å². The van der Waals surface area contributed by atoms with Gasteiger partial charge in [0.05, 0.1) is 10.9 Å². The van der Waals surface area contributed by atoms with E-state index in [4.69, 9.17) is 9.90 Å². The van der Waals surface area contributed by atoms with Gasteiger partial charge < -0.3 is 19.7 Å². The number of halogens is 8. The van der Waals surface area contributed by atoms with Crippen LogP contribution in [0.15, 0.2) is 89.9 Å². The molecule has 3 aromatic carbocycles. The number of carboxylic acids is 2. The summed E-state index contributed by atoms with van der Waals surface area (Å²) >= 11 is 0. The number of alkyl halides is 6. The summed E-state index contributed by atoms with van der Waals surface area (Å²) in [6, 6.07) is 18.6. The molecule has 1 fully saturated rings. The molecule has 1 aliphatic heterocycles. The van der Waals surface area contributed by atoms with Crippen molar-refractivity contribution in [3.63, 3.8) is 0 Å². The first-order valence-electron chi connectivity index (χ1n) is 18.7. The summed E-state index contributed by atoms with van der Waals surface area (Å²) in [5.41, 5.74) is -0.126. The zero-order valence-electron chi connectivity index (χ0n) is 32.6. The summed E-state index contributed by atoms with van der Waals surface area (Å²) in [5.74, 6) is -5.90. The molecular formula is C42H39F8N5O6. The second-order valence-electron chi connectivity index (χ2n) is 14.7. The molecule has 0 spiro atoms. The first kappa shape index (κ1) is 45.8. The van der Waals surface area contributed by atoms with Crippen LogP contribution in [0.4, 0.5) is 35.1 Å². The Labute approximate surface area is 342 Å². The molecule has 324 valence electrons. The molecule has 11 nitrogen and oxygen atoms in total. The Morgan fingerprint density at radius 1 is 0.803 bits per heavy atom. The van der Waals surface area contributed by atoms with Gasteiger partial charge in [0, 0.05) is 38.3 Å². The summed E-state index contributed by atoms with van der Waals surface area (Å²) in [7, 11) is 0. The highest BCUT2D eigenvalue weighted by molar-refractivity contribution is 5.80. The van der Waals surface area contributed by atoms with Crippen molar-refractivity contribution < 1.29 is 59.7 Å². The Balaban J connectivity index is 0.000000925. The third kappa shape index (κ3) is 11.1. The number of piperidine rings is 1. The number of hydrogen-bond acceptors (Lipinski definition) is 7. The number of amides is 1. The van der Waals surface area contributed by atoms with E-state index < -0.39 is 52.6 Å². The number of rotatable bonds is 11. The fourth-order valence-corrected chi connectivity index (χ4v) is 6.85. The second kappa shape index (κ2) is 18.6. The lowest BCUT2D eigenvalue weighted by Gasteiger charge is -2.43. The minimum absolute atomic E-state index is 0.00345. The standard InChI is InChI=1S/C40H38F5N5O4.C2HF3O2/c1-39(2,38(53)54)48-21-18-30(19-22-48)49(23-25-8-10-26(11-9-25)27-12-15-29(16-13-27)40(43,44)45)34(51)24-50-33(17-14-28-5-3-7-32(41)35(28)42)47-37(52)31-6-4-20-46-36(31)50;3-2(4,5)1(6)7/h3-13,15-16,20,30H,14,17-19,21-24H2,1-2H3,(H,53,54);(H,6,7). The van der Waals surface area contributed by atoms with Crippen molar-refractivity contribution in [1.29, 1.82) is 0 Å². The molecule has 1 saturated heterocycles. The lowest BCUT2D eigenvalue weighted by molar-refractivity contribution is -0.192. The first-order valence-corrected chi connectivity index (χ1v) is 18.7. The summed E-state index contributed by atoms with van der Waals surface area (Å²) in [5, 5.41) is 17.1. The number of carbonyl (C=O) groups is 3. The van der Waals surface area contributed by atoms with Gasteiger partial charge in [-0.1, -0.05) is 48.5 Å². The molecule has 0 aliphatic carbocycles. The number of benzene rings is 3. The van der Waals surface area contributed by atoms with E-state index in [1.54, 1.807) is 55.1 Å². The topological polar surface area (TPSA) is 146 Å². The van der Waals surface area contributed by atoms with Crippen LogP contribution in [0.5, 0.6) is 0 Å². The van der Waals surface area contributed by atoms with E-state index in [2.05, 4.69) is 9.97 Å². The van der Waals surface area contributed by atoms with E-state index in [1.165, 1.54) is 35.0 Å². The quantitative estimate of drug-likeness (QED) is 0.129. The average molecular weight is 862 g/mol. The molecule has 1 amide bonds. The maximum Gasteiger partial charge on any atom is 0.490 e. The number of aryl methyl sites for hydroxylation is 2. The van der Waals surface area contributed by atoms with Crippen molar-refractivity contribution in [3.8, 4) is 11.1 Å². The first-order chi connectivity index (χ1) is 28.6. The maximum absolute atomic E-state index is 14.6. The Bertz CT molecular complexity index is 2430. The van der Waals surface area contributed by atoms with Gasteiger partial charge in [0.25, 0.3) is 5.56 Å². The van der Waals surface area contributed by atoms with Crippen LogP contribution >= 0.6 is 0 Å². The fraction of sp³-hybridized carbons (Fsp3) is 0.333. The molecule has 0 atom stereocenters. The van der Waals surface area contributed by atoms with E-state index >= 15 is 0 Å². The van der Waals surface area contributed by atoms with Gasteiger partial charge >= 0.3 is 24.3 Å². The van der Waals surface area contributed by atoms with E-state index in [9.17, 15) is 54.6 Å². The van der Waals surface area contributed by atoms with E-state index in [0.717, 1.165) is 23.8 Å². The SMILES string of the molecule is CC(C)(C(=O)O)N1CCC(N(Cc2ccc(-c3ccc(C(F)(F)F)cc3)cc2)C(=O)Cn2c(CCc3cccc(F)c3F)nc(=O)c3cccnc32)CC1.O=C(O)C(F)(F)F. The van der Waals surface area contributed by atoms with E-state index in [0.29, 0.717) is 37.1 Å². The zero-order chi connectivity index (χ0) is 44.9. The molecule has 0 saturated carbocycles. The number of carboxylic acid groups (broad SMARTS) is 2. The molecule has 2 N–H and O–H groups in total. The Hall–Kier alpha value is -6.24. The molecule has 61 heavy (non-hydrogen) atoms. The molecular weight excluding hydrogens is 822 g/mol. The Kier molecular flexibility index (Phi) is 14.0. The van der Waals surface area contributed by atoms with Crippen molar-refractivity contribution >= 4 is 28.9 Å². The summed E-state index contributed by atoms with van der Waals surface area (Å²) in [6.45, 7) is 3.96. The van der Waals surface area contributed by atoms with Crippen molar-refractivity contribution in [3.05, 3.63) is 130 Å². The van der Waals surface area contributed by atoms with E-state index in [-0.39, 0.29) is 60.3 Å². The number of nitrogens with zero attached hydrogens (tertiary/aromatic N) is 5. The fourth-order valence-electron chi connectivity index (χ4n) is 6.85. The molecule has 6 rings (SSSR count). The second-order valence-corrected chi connectivity index (χ2v) is 14.7. The Morgan fingerprint density at radius 3 is 1.95 bits per heavy atom. The molecule has 3 heterocycles. The Morgan fingerprint density at radius 2 is 1.39 bits per heavy atom. The van der Waals surface area contributed by atoms with Gasteiger partial charge in [0.15, 0.2) is 11.6 Å². The number of likely N-dealkylation sites (tertiary alicyclic amines) is 1. The van der Waals surface area contributed by atoms with Crippen LogP contribution in [0.2, 0.25) is 0 Å². The molecule has 0 unspecified atom stereocenters. The number of aliphatic carboxylic acids is 2. The smallest absolute Gasteiger partial charge is 0.480 e. The predicted octanol–water partition coefficient (Wildman–Crippen LogP) is 7.53. The highest BCUT2D eigenvalue weighted by Crippen LogP contribution is 2.32. The van der Waals surface area contributed by atoms with Crippen LogP contribution in [0.1, 0.15) is 49.2 Å². The number of fused-ring (bicyclic) bond motifs is 1. The molecule has 1 aliphatic rings. The molecule has 0 bridgehead atoms. The van der Waals surface area contributed by atoms with Crippen LogP contribution in [-0.4, -0.2) is 83.2 Å². The minimum atomic E-state index is -5.08. The zero-order valence-corrected chi connectivity index (χ0v) is 32.6. The van der Waals surface area contributed by atoms with Gasteiger partial charge in [-0.05, 0) is 85.7 Å². The number of hydrogen-bond donors (Lipinski definition) is 2. The third-order valence-corrected chi connectivity index (χ3v) is 10.4. The van der Waals surface area contributed by atoms with E-state index in [1.807, 2.05) is 4.90 Å². The van der Waals surface area contributed by atoms with Crippen molar-refractivity contribution in [1.82, 2.24) is 24.3 Å². The lowest BCUT2D eigenvalue weighted by atomic mass is 9.95. The largest absolute Gasteiger partial charge is 0.490 e. The van der Waals surface area contributed by atoms with Gasteiger partial charge in [0.2, 0.25) is 5.91 Å². The van der Waals surface area contributed by atoms with Crippen LogP contribution in [-0.2, 0) is 46.5 Å². The molecule has 2 aromatic heterocycles. The van der Waals surface area contributed by atoms with Gasteiger partial charge in [-0.15, -0.1) is 0 Å². The van der Waals surface area contributed by atoms with Crippen LogP contribution < -0.4 is 5.56 Å². The van der Waals surface area contributed by atoms with Gasteiger partial charge in [-0.2, -0.15) is 31.3 Å². The number of aromatic nitrogens is 3. The number of carbonyl (C=O) groups excluding carboxylic acids is 1. The van der Waals surface area contributed by atoms with Gasteiger partial charge in [0.1, 0.15) is 23.6 Å². The van der Waals surface area contributed by atoms with Crippen LogP contribution in [0, 0.1) is 11.6 Å². The summed E-state index contributed by atoms with van der Waals surface area (Å²) in [6.07, 6.45) is -7.11. The van der Waals surface area contributed by atoms with Crippen molar-refractivity contribution in [2.24, 2.45) is 0 Å². The van der Waals surface area contributed by atoms with Crippen LogP contribution in [0.3, 0.4) is 0 Å². The van der Waals surface area contributed by atoms with Gasteiger partial charge in [-0.25, -0.2) is 18.6 Å². The van der Waals surface area contributed by atoms with Crippen molar-refractivity contribution in [2.45, 2.75) is 76.6 Å². The van der Waals surface area contributed by atoms with Crippen LogP contribution in [0.25, 0.3) is 22.2 Å².